The van der Waals surface area contributed by atoms with Crippen LogP contribution in [0.4, 0.5) is 10.9 Å². The zero-order chi connectivity index (χ0) is 50.0. The third kappa shape index (κ3) is 12.1. The summed E-state index contributed by atoms with van der Waals surface area (Å²) < 4.78 is 3.11. The molecule has 3 aromatic heterocycles. The molecule has 4 aliphatic rings. The Hall–Kier alpha value is -6.29. The van der Waals surface area contributed by atoms with Crippen molar-refractivity contribution in [3.05, 3.63) is 174 Å². The summed E-state index contributed by atoms with van der Waals surface area (Å²) in [4.78, 5) is 14.8. The van der Waals surface area contributed by atoms with Gasteiger partial charge in [-0.25, -0.2) is 9.97 Å². The number of aryl methyl sites for hydroxylation is 2. The number of anilines is 2. The fourth-order valence-corrected chi connectivity index (χ4v) is 12.2. The van der Waals surface area contributed by atoms with E-state index in [-0.39, 0.29) is 5.92 Å². The number of para-hydroxylation sites is 2. The molecule has 9 heteroatoms. The Bertz CT molecular complexity index is 2960. The molecule has 0 bridgehead atoms. The Kier molecular flexibility index (Phi) is 16.8. The number of nitrogens with one attached hydrogen (secondary N) is 2. The van der Waals surface area contributed by atoms with Crippen LogP contribution in [0, 0.1) is 19.8 Å². The average molecular weight is 977 g/mol. The van der Waals surface area contributed by atoms with Crippen LogP contribution in [0.1, 0.15) is 129 Å². The van der Waals surface area contributed by atoms with Gasteiger partial charge in [0.25, 0.3) is 0 Å². The van der Waals surface area contributed by atoms with Crippen LogP contribution >= 0.6 is 11.3 Å². The van der Waals surface area contributed by atoms with E-state index in [9.17, 15) is 0 Å². The molecule has 2 saturated heterocycles. The SMILES string of the molecule is C1CCC(CCCCN2CCCCC2)CC1.C=C1CCC(c2nn(C)c3ccccc23)C(=C)N1.C=Cc1nc(N2CCc3cccc(C(=C)Nc4nc5ccccc5s4)c3C2)ccc1-c1cccc(C)c1C. The van der Waals surface area contributed by atoms with E-state index in [0.29, 0.717) is 0 Å². The first-order chi connectivity index (χ1) is 35.1. The van der Waals surface area contributed by atoms with Gasteiger partial charge in [-0.15, -0.1) is 0 Å². The van der Waals surface area contributed by atoms with Gasteiger partial charge in [0.15, 0.2) is 5.13 Å². The molecule has 1 atom stereocenters. The number of piperidine rings is 2. The van der Waals surface area contributed by atoms with Crippen molar-refractivity contribution in [2.24, 2.45) is 13.0 Å². The van der Waals surface area contributed by atoms with Crippen molar-refractivity contribution >= 4 is 55.2 Å². The summed E-state index contributed by atoms with van der Waals surface area (Å²) >= 11 is 1.65. The van der Waals surface area contributed by atoms with Gasteiger partial charge >= 0.3 is 0 Å². The highest BCUT2D eigenvalue weighted by molar-refractivity contribution is 7.22. The van der Waals surface area contributed by atoms with Crippen LogP contribution in [0.25, 0.3) is 44.0 Å². The topological polar surface area (TPSA) is 74.1 Å². The number of pyridine rings is 1. The first-order valence-corrected chi connectivity index (χ1v) is 27.6. The summed E-state index contributed by atoms with van der Waals surface area (Å²) in [6.45, 7) is 26.7. The number of allylic oxidation sites excluding steroid dienone is 2. The van der Waals surface area contributed by atoms with Crippen LogP contribution in [0.3, 0.4) is 0 Å². The Morgan fingerprint density at radius 2 is 1.57 bits per heavy atom. The Morgan fingerprint density at radius 3 is 2.38 bits per heavy atom. The van der Waals surface area contributed by atoms with Crippen LogP contribution in [0.5, 0.6) is 0 Å². The average Bonchev–Trinajstić information content (AvgIpc) is 3.98. The molecular weight excluding hydrogens is 901 g/mol. The Balaban J connectivity index is 0.000000155. The van der Waals surface area contributed by atoms with Crippen LogP contribution in [0.2, 0.25) is 0 Å². The number of hydrogen-bond acceptors (Lipinski definition) is 8. The number of fused-ring (bicyclic) bond motifs is 3. The molecule has 374 valence electrons. The molecule has 2 N–H and O–H groups in total. The molecule has 1 aliphatic carbocycles. The van der Waals surface area contributed by atoms with E-state index < -0.39 is 0 Å². The number of benzene rings is 4. The highest BCUT2D eigenvalue weighted by Crippen LogP contribution is 2.37. The number of thiazole rings is 1. The van der Waals surface area contributed by atoms with Crippen molar-refractivity contribution in [2.45, 2.75) is 116 Å². The lowest BCUT2D eigenvalue weighted by molar-refractivity contribution is 0.220. The minimum atomic E-state index is 0.279. The van der Waals surface area contributed by atoms with E-state index in [0.717, 1.165) is 99.0 Å². The van der Waals surface area contributed by atoms with E-state index >= 15 is 0 Å². The van der Waals surface area contributed by atoms with Crippen LogP contribution < -0.4 is 15.5 Å². The molecule has 0 amide bonds. The highest BCUT2D eigenvalue weighted by atomic mass is 32.1. The third-order valence-corrected chi connectivity index (χ3v) is 16.5. The lowest BCUT2D eigenvalue weighted by Crippen LogP contribution is -2.32. The molecule has 0 spiro atoms. The number of rotatable bonds is 12. The largest absolute Gasteiger partial charge is 0.363 e. The van der Waals surface area contributed by atoms with E-state index in [1.54, 1.807) is 11.3 Å². The molecular formula is C63H76N8S. The first kappa shape index (κ1) is 50.6. The summed E-state index contributed by atoms with van der Waals surface area (Å²) in [6.07, 6.45) is 21.3. The van der Waals surface area contributed by atoms with Crippen molar-refractivity contribution in [3.8, 4) is 11.1 Å². The van der Waals surface area contributed by atoms with Gasteiger partial charge in [-0.1, -0.05) is 156 Å². The van der Waals surface area contributed by atoms with Gasteiger partial charge in [-0.05, 0) is 142 Å². The molecule has 7 aromatic rings. The molecule has 4 aromatic carbocycles. The third-order valence-electron chi connectivity index (χ3n) is 15.6. The maximum Gasteiger partial charge on any atom is 0.188 e. The predicted molar refractivity (Wildman–Crippen MR) is 308 cm³/mol. The molecule has 8 nitrogen and oxygen atoms in total. The molecule has 11 rings (SSSR count). The summed E-state index contributed by atoms with van der Waals surface area (Å²) in [5.74, 6) is 2.34. The Labute approximate surface area is 433 Å². The fraction of sp³-hybridized carbons (Fsp3) is 0.381. The number of nitrogens with zero attached hydrogens (tertiary/aromatic N) is 6. The minimum absolute atomic E-state index is 0.279. The standard InChI is InChI=1S/C33H30N4S.C15H17N3.C15H29N/c1-5-29-27(25-12-8-10-21(2)22(25)3)16-17-32(35-29)37-19-18-24-11-9-13-26(28(24)20-37)23(4)34-33-36-30-14-6-7-15-31(30)38-33;1-10-8-9-12(11(2)16-10)15-13-6-4-5-7-14(13)18(3)17-15;1-3-9-15(10-4-1)11-5-8-14-16-12-6-2-7-13-16/h5-17H,1,4,18-20H2,2-3H3,(H,34,36);4-7,12,16H,1-2,8-9H2,3H3;15H,1-14H2. The molecule has 3 aliphatic heterocycles. The summed E-state index contributed by atoms with van der Waals surface area (Å²) in [7, 11) is 1.99. The van der Waals surface area contributed by atoms with Gasteiger partial charge in [0, 0.05) is 59.7 Å². The lowest BCUT2D eigenvalue weighted by Gasteiger charge is -2.32. The number of hydrogen-bond donors (Lipinski definition) is 2. The fourth-order valence-electron chi connectivity index (χ4n) is 11.3. The van der Waals surface area contributed by atoms with E-state index in [4.69, 9.17) is 9.97 Å². The number of likely N-dealkylation sites (tertiary alicyclic amines) is 1. The monoisotopic (exact) mass is 977 g/mol. The van der Waals surface area contributed by atoms with Crippen molar-refractivity contribution in [2.75, 3.05) is 36.4 Å². The maximum atomic E-state index is 5.06. The van der Waals surface area contributed by atoms with Crippen LogP contribution in [0.15, 0.2) is 135 Å². The maximum absolute atomic E-state index is 5.06. The van der Waals surface area contributed by atoms with Crippen molar-refractivity contribution in [3.63, 3.8) is 0 Å². The number of unbranched alkanes of at least 4 members (excludes halogenated alkanes) is 1. The summed E-state index contributed by atoms with van der Waals surface area (Å²) in [6, 6.07) is 33.8. The van der Waals surface area contributed by atoms with Crippen LogP contribution in [-0.2, 0) is 20.0 Å². The second-order valence-corrected chi connectivity index (χ2v) is 21.6. The summed E-state index contributed by atoms with van der Waals surface area (Å²) in [5.41, 5.74) is 15.8. The van der Waals surface area contributed by atoms with E-state index in [1.165, 1.54) is 129 Å². The zero-order valence-corrected chi connectivity index (χ0v) is 44.1. The van der Waals surface area contributed by atoms with E-state index in [2.05, 4.69) is 138 Å². The molecule has 6 heterocycles. The van der Waals surface area contributed by atoms with Gasteiger partial charge < -0.3 is 20.4 Å². The number of aromatic nitrogens is 4. The highest BCUT2D eigenvalue weighted by Gasteiger charge is 2.26. The van der Waals surface area contributed by atoms with Gasteiger partial charge in [-0.3, -0.25) is 4.68 Å². The van der Waals surface area contributed by atoms with Gasteiger partial charge in [0.1, 0.15) is 5.82 Å². The quantitative estimate of drug-likeness (QED) is 0.118. The zero-order valence-electron chi connectivity index (χ0n) is 43.3. The van der Waals surface area contributed by atoms with Crippen LogP contribution in [-0.4, -0.2) is 50.8 Å². The summed E-state index contributed by atoms with van der Waals surface area (Å²) in [5, 5.41) is 13.5. The second-order valence-electron chi connectivity index (χ2n) is 20.5. The minimum Gasteiger partial charge on any atom is -0.363 e. The smallest absolute Gasteiger partial charge is 0.188 e. The second kappa shape index (κ2) is 24.0. The predicted octanol–water partition coefficient (Wildman–Crippen LogP) is 15.6. The van der Waals surface area contributed by atoms with Crippen molar-refractivity contribution in [1.82, 2.24) is 30.0 Å². The molecule has 0 radical (unpaired) electrons. The van der Waals surface area contributed by atoms with Crippen molar-refractivity contribution < 1.29 is 0 Å². The van der Waals surface area contributed by atoms with Gasteiger partial charge in [0.2, 0.25) is 0 Å². The molecule has 1 unspecified atom stereocenters. The molecule has 3 fully saturated rings. The molecule has 72 heavy (non-hydrogen) atoms. The molecule has 1 saturated carbocycles. The van der Waals surface area contributed by atoms with Crippen molar-refractivity contribution in [1.29, 1.82) is 0 Å². The Morgan fingerprint density at radius 1 is 0.792 bits per heavy atom. The van der Waals surface area contributed by atoms with Gasteiger partial charge in [0.05, 0.1) is 27.1 Å². The normalized spacial score (nSPS) is 17.3. The van der Waals surface area contributed by atoms with Gasteiger partial charge in [-0.2, -0.15) is 5.10 Å². The van der Waals surface area contributed by atoms with E-state index in [1.807, 2.05) is 42.1 Å². The first-order valence-electron chi connectivity index (χ1n) is 26.8. The lowest BCUT2D eigenvalue weighted by atomic mass is 9.86.